The van der Waals surface area contributed by atoms with Crippen LogP contribution in [0.5, 0.6) is 5.75 Å². The summed E-state index contributed by atoms with van der Waals surface area (Å²) in [5.74, 6) is -0.0136. The number of hydrogen-bond donors (Lipinski definition) is 2. The maximum atomic E-state index is 12.0. The third kappa shape index (κ3) is 5.38. The molecule has 0 bridgehead atoms. The van der Waals surface area contributed by atoms with Gasteiger partial charge in [-0.2, -0.15) is 0 Å². The number of hydrogen-bond acceptors (Lipinski definition) is 3. The predicted molar refractivity (Wildman–Crippen MR) is 98.4 cm³/mol. The van der Waals surface area contributed by atoms with Gasteiger partial charge >= 0.3 is 0 Å². The van der Waals surface area contributed by atoms with Gasteiger partial charge in [-0.1, -0.05) is 6.07 Å². The summed E-state index contributed by atoms with van der Waals surface area (Å²) in [6.07, 6.45) is -0.256. The summed E-state index contributed by atoms with van der Waals surface area (Å²) in [5, 5.41) is 5.40. The monoisotopic (exact) mass is 390 g/mol. The molecule has 2 aromatic carbocycles. The number of nitrogens with one attached hydrogen (secondary N) is 2. The largest absolute Gasteiger partial charge is 0.494 e. The van der Waals surface area contributed by atoms with Crippen molar-refractivity contribution in [3.63, 3.8) is 0 Å². The number of halogens is 1. The summed E-state index contributed by atoms with van der Waals surface area (Å²) in [5.41, 5.74) is 2.33. The number of ether oxygens (including phenoxy) is 1. The molecule has 0 aliphatic carbocycles. The molecule has 0 spiro atoms. The zero-order chi connectivity index (χ0) is 17.5. The first-order valence-corrected chi connectivity index (χ1v) is 8.36. The van der Waals surface area contributed by atoms with Crippen LogP contribution in [0.3, 0.4) is 0 Å². The van der Waals surface area contributed by atoms with E-state index in [0.717, 1.165) is 15.8 Å². The van der Waals surface area contributed by atoms with Crippen molar-refractivity contribution in [2.24, 2.45) is 0 Å². The van der Waals surface area contributed by atoms with Crippen LogP contribution in [0.15, 0.2) is 46.9 Å². The predicted octanol–water partition coefficient (Wildman–Crippen LogP) is 4.12. The summed E-state index contributed by atoms with van der Waals surface area (Å²) >= 11 is 3.39. The van der Waals surface area contributed by atoms with E-state index in [-0.39, 0.29) is 18.2 Å². The van der Waals surface area contributed by atoms with Gasteiger partial charge in [-0.3, -0.25) is 9.59 Å². The second kappa shape index (κ2) is 8.49. The number of amides is 2. The molecule has 2 aromatic rings. The Hall–Kier alpha value is -2.34. The average molecular weight is 391 g/mol. The molecule has 5 nitrogen and oxygen atoms in total. The van der Waals surface area contributed by atoms with Gasteiger partial charge in [0.1, 0.15) is 12.2 Å². The Morgan fingerprint density at radius 2 is 1.71 bits per heavy atom. The average Bonchev–Trinajstić information content (AvgIpc) is 2.52. The Bertz CT molecular complexity index is 730. The van der Waals surface area contributed by atoms with Gasteiger partial charge in [0.05, 0.1) is 12.3 Å². The number of carbonyl (C=O) groups excluding carboxylic acids is 2. The molecule has 0 radical (unpaired) electrons. The SMILES string of the molecule is CCOc1ccc(NC(=O)CC(=O)Nc2ccc(C)cc2Br)cc1. The number of carbonyl (C=O) groups is 2. The van der Waals surface area contributed by atoms with Crippen molar-refractivity contribution in [2.45, 2.75) is 20.3 Å². The van der Waals surface area contributed by atoms with Crippen LogP contribution in [0.1, 0.15) is 18.9 Å². The van der Waals surface area contributed by atoms with Crippen molar-refractivity contribution in [1.29, 1.82) is 0 Å². The van der Waals surface area contributed by atoms with Crippen molar-refractivity contribution >= 4 is 39.1 Å². The van der Waals surface area contributed by atoms with Gasteiger partial charge in [-0.25, -0.2) is 0 Å². The van der Waals surface area contributed by atoms with Crippen molar-refractivity contribution in [1.82, 2.24) is 0 Å². The first-order chi connectivity index (χ1) is 11.5. The molecule has 2 amide bonds. The Morgan fingerprint density at radius 1 is 1.04 bits per heavy atom. The minimum Gasteiger partial charge on any atom is -0.494 e. The van der Waals surface area contributed by atoms with Gasteiger partial charge in [-0.15, -0.1) is 0 Å². The maximum absolute atomic E-state index is 12.0. The van der Waals surface area contributed by atoms with Gasteiger partial charge < -0.3 is 15.4 Å². The van der Waals surface area contributed by atoms with E-state index in [0.29, 0.717) is 18.0 Å². The summed E-state index contributed by atoms with van der Waals surface area (Å²) in [6, 6.07) is 12.6. The second-order valence-corrected chi connectivity index (χ2v) is 6.07. The summed E-state index contributed by atoms with van der Waals surface area (Å²) in [6.45, 7) is 4.45. The topological polar surface area (TPSA) is 67.4 Å². The fourth-order valence-corrected chi connectivity index (χ4v) is 2.66. The minimum atomic E-state index is -0.375. The van der Waals surface area contributed by atoms with E-state index in [4.69, 9.17) is 4.74 Å². The Labute approximate surface area is 149 Å². The van der Waals surface area contributed by atoms with Crippen LogP contribution in [0.4, 0.5) is 11.4 Å². The molecular formula is C18H19BrN2O3. The molecular weight excluding hydrogens is 372 g/mol. The lowest BCUT2D eigenvalue weighted by Gasteiger charge is -2.09. The molecule has 0 fully saturated rings. The van der Waals surface area contributed by atoms with E-state index in [1.54, 1.807) is 30.3 Å². The highest BCUT2D eigenvalue weighted by Crippen LogP contribution is 2.23. The fraction of sp³-hybridized carbons (Fsp3) is 0.222. The molecule has 0 unspecified atom stereocenters. The van der Waals surface area contributed by atoms with E-state index in [1.807, 2.05) is 26.0 Å². The quantitative estimate of drug-likeness (QED) is 0.728. The first kappa shape index (κ1) is 18.0. The number of rotatable bonds is 6. The van der Waals surface area contributed by atoms with Crippen LogP contribution in [0.25, 0.3) is 0 Å². The third-order valence-corrected chi connectivity index (χ3v) is 3.82. The van der Waals surface area contributed by atoms with Crippen LogP contribution in [0, 0.1) is 6.92 Å². The highest BCUT2D eigenvalue weighted by Gasteiger charge is 2.11. The Kier molecular flexibility index (Phi) is 6.37. The normalized spacial score (nSPS) is 10.1. The molecule has 0 saturated heterocycles. The van der Waals surface area contributed by atoms with Crippen molar-refractivity contribution in [3.8, 4) is 5.75 Å². The Balaban J connectivity index is 1.88. The lowest BCUT2D eigenvalue weighted by atomic mass is 10.2. The number of anilines is 2. The van der Waals surface area contributed by atoms with Crippen LogP contribution in [-0.4, -0.2) is 18.4 Å². The lowest BCUT2D eigenvalue weighted by Crippen LogP contribution is -2.21. The summed E-state index contributed by atoms with van der Waals surface area (Å²) < 4.78 is 6.12. The van der Waals surface area contributed by atoms with E-state index in [9.17, 15) is 9.59 Å². The molecule has 0 aliphatic heterocycles. The van der Waals surface area contributed by atoms with Gasteiger partial charge in [0.25, 0.3) is 0 Å². The van der Waals surface area contributed by atoms with Crippen LogP contribution in [0.2, 0.25) is 0 Å². The molecule has 0 aliphatic rings. The first-order valence-electron chi connectivity index (χ1n) is 7.56. The molecule has 24 heavy (non-hydrogen) atoms. The molecule has 0 heterocycles. The molecule has 6 heteroatoms. The number of benzene rings is 2. The van der Waals surface area contributed by atoms with E-state index in [2.05, 4.69) is 26.6 Å². The van der Waals surface area contributed by atoms with Crippen molar-refractivity contribution < 1.29 is 14.3 Å². The second-order valence-electron chi connectivity index (χ2n) is 5.21. The van der Waals surface area contributed by atoms with E-state index < -0.39 is 0 Å². The van der Waals surface area contributed by atoms with Crippen LogP contribution in [-0.2, 0) is 9.59 Å². The zero-order valence-corrected chi connectivity index (χ0v) is 15.1. The highest BCUT2D eigenvalue weighted by molar-refractivity contribution is 9.10. The summed E-state index contributed by atoms with van der Waals surface area (Å²) in [7, 11) is 0. The molecule has 2 rings (SSSR count). The van der Waals surface area contributed by atoms with Gasteiger partial charge in [-0.05, 0) is 71.7 Å². The smallest absolute Gasteiger partial charge is 0.233 e. The van der Waals surface area contributed by atoms with Crippen molar-refractivity contribution in [2.75, 3.05) is 17.2 Å². The fourth-order valence-electron chi connectivity index (χ4n) is 2.07. The standard InChI is InChI=1S/C18H19BrN2O3/c1-3-24-14-7-5-13(6-8-14)20-17(22)11-18(23)21-16-9-4-12(2)10-15(16)19/h4-10H,3,11H2,1-2H3,(H,20,22)(H,21,23). The molecule has 0 atom stereocenters. The lowest BCUT2D eigenvalue weighted by molar-refractivity contribution is -0.123. The number of aryl methyl sites for hydroxylation is 1. The van der Waals surface area contributed by atoms with Crippen molar-refractivity contribution in [3.05, 3.63) is 52.5 Å². The molecule has 0 aromatic heterocycles. The van der Waals surface area contributed by atoms with Crippen LogP contribution >= 0.6 is 15.9 Å². The molecule has 126 valence electrons. The van der Waals surface area contributed by atoms with Gasteiger partial charge in [0.15, 0.2) is 0 Å². The molecule has 0 saturated carbocycles. The third-order valence-electron chi connectivity index (χ3n) is 3.17. The Morgan fingerprint density at radius 3 is 2.33 bits per heavy atom. The van der Waals surface area contributed by atoms with Crippen LogP contribution < -0.4 is 15.4 Å². The van der Waals surface area contributed by atoms with Gasteiger partial charge in [0.2, 0.25) is 11.8 Å². The summed E-state index contributed by atoms with van der Waals surface area (Å²) in [4.78, 5) is 23.9. The highest BCUT2D eigenvalue weighted by atomic mass is 79.9. The van der Waals surface area contributed by atoms with E-state index in [1.165, 1.54) is 0 Å². The molecule has 2 N–H and O–H groups in total. The maximum Gasteiger partial charge on any atom is 0.233 e. The zero-order valence-electron chi connectivity index (χ0n) is 13.6. The van der Waals surface area contributed by atoms with E-state index >= 15 is 0 Å². The minimum absolute atomic E-state index is 0.256. The van der Waals surface area contributed by atoms with Gasteiger partial charge in [0, 0.05) is 10.2 Å².